The third kappa shape index (κ3) is 4.18. The minimum Gasteiger partial charge on any atom is -0.354 e. The summed E-state index contributed by atoms with van der Waals surface area (Å²) >= 11 is 0. The van der Waals surface area contributed by atoms with E-state index in [2.05, 4.69) is 27.1 Å². The van der Waals surface area contributed by atoms with Gasteiger partial charge in [0.2, 0.25) is 5.91 Å². The summed E-state index contributed by atoms with van der Waals surface area (Å²) in [6, 6.07) is 3.79. The molecule has 0 aliphatic carbocycles. The highest BCUT2D eigenvalue weighted by atomic mass is 16.1. The molecule has 1 aliphatic heterocycles. The molecule has 3 N–H and O–H groups in total. The van der Waals surface area contributed by atoms with E-state index in [9.17, 15) is 4.79 Å². The van der Waals surface area contributed by atoms with Gasteiger partial charge in [0, 0.05) is 56.4 Å². The number of aromatic nitrogens is 1. The van der Waals surface area contributed by atoms with Gasteiger partial charge in [-0.05, 0) is 20.0 Å². The van der Waals surface area contributed by atoms with Gasteiger partial charge in [-0.2, -0.15) is 0 Å². The maximum absolute atomic E-state index is 12.1. The largest absolute Gasteiger partial charge is 0.354 e. The van der Waals surface area contributed by atoms with Crippen LogP contribution in [0.15, 0.2) is 18.3 Å². The van der Waals surface area contributed by atoms with Gasteiger partial charge >= 0.3 is 0 Å². The van der Waals surface area contributed by atoms with Crippen LogP contribution in [0.1, 0.15) is 19.4 Å². The Hall–Kier alpha value is -1.66. The Morgan fingerprint density at radius 2 is 2.05 bits per heavy atom. The van der Waals surface area contributed by atoms with Gasteiger partial charge < -0.3 is 20.9 Å². The molecule has 2 heterocycles. The van der Waals surface area contributed by atoms with E-state index in [1.165, 1.54) is 0 Å². The number of hydrogen-bond acceptors (Lipinski definition) is 5. The van der Waals surface area contributed by atoms with E-state index < -0.39 is 0 Å². The van der Waals surface area contributed by atoms with E-state index in [4.69, 9.17) is 5.73 Å². The van der Waals surface area contributed by atoms with Gasteiger partial charge in [-0.1, -0.05) is 13.0 Å². The second-order valence-electron chi connectivity index (χ2n) is 6.14. The van der Waals surface area contributed by atoms with Crippen LogP contribution in [0.3, 0.4) is 0 Å². The number of carbonyl (C=O) groups is 1. The second-order valence-corrected chi connectivity index (χ2v) is 6.14. The molecule has 22 heavy (non-hydrogen) atoms. The van der Waals surface area contributed by atoms with Crippen LogP contribution in [0.4, 0.5) is 5.82 Å². The van der Waals surface area contributed by atoms with Crippen molar-refractivity contribution in [3.63, 3.8) is 0 Å². The molecule has 0 spiro atoms. The molecule has 1 aliphatic rings. The Morgan fingerprint density at radius 1 is 1.36 bits per heavy atom. The minimum absolute atomic E-state index is 0.0109. The Morgan fingerprint density at radius 3 is 2.68 bits per heavy atom. The Balaban J connectivity index is 2.01. The predicted octanol–water partition coefficient (Wildman–Crippen LogP) is 0.433. The minimum atomic E-state index is -0.191. The van der Waals surface area contributed by atoms with Crippen molar-refractivity contribution in [1.29, 1.82) is 0 Å². The van der Waals surface area contributed by atoms with Crippen molar-refractivity contribution in [1.82, 2.24) is 15.2 Å². The number of nitrogens with two attached hydrogens (primary N) is 1. The highest BCUT2D eigenvalue weighted by molar-refractivity contribution is 5.79. The van der Waals surface area contributed by atoms with Gasteiger partial charge in [-0.15, -0.1) is 0 Å². The number of likely N-dealkylation sites (N-methyl/N-ethyl adjacent to an activating group) is 1. The number of nitrogens with one attached hydrogen (secondary N) is 1. The van der Waals surface area contributed by atoms with Crippen LogP contribution in [-0.2, 0) is 11.3 Å². The third-order valence-corrected chi connectivity index (χ3v) is 4.33. The highest BCUT2D eigenvalue weighted by Gasteiger charge is 2.20. The molecule has 2 unspecified atom stereocenters. The van der Waals surface area contributed by atoms with E-state index in [0.29, 0.717) is 6.54 Å². The molecule has 1 aromatic heterocycles. The maximum Gasteiger partial charge on any atom is 0.224 e. The predicted molar refractivity (Wildman–Crippen MR) is 88.6 cm³/mol. The van der Waals surface area contributed by atoms with Crippen LogP contribution in [0, 0.1) is 5.92 Å². The molecule has 0 radical (unpaired) electrons. The molecule has 2 atom stereocenters. The monoisotopic (exact) mass is 305 g/mol. The summed E-state index contributed by atoms with van der Waals surface area (Å²) in [4.78, 5) is 21.2. The zero-order valence-electron chi connectivity index (χ0n) is 13.7. The lowest BCUT2D eigenvalue weighted by atomic mass is 10.0. The molecule has 2 rings (SSSR count). The van der Waals surface area contributed by atoms with Gasteiger partial charge in [-0.25, -0.2) is 4.98 Å². The topological polar surface area (TPSA) is 74.5 Å². The molecule has 0 bridgehead atoms. The van der Waals surface area contributed by atoms with Crippen LogP contribution in [0.5, 0.6) is 0 Å². The summed E-state index contributed by atoms with van der Waals surface area (Å²) in [6.45, 7) is 8.18. The summed E-state index contributed by atoms with van der Waals surface area (Å²) in [6.07, 6.45) is 1.81. The first-order valence-electron chi connectivity index (χ1n) is 7.89. The standard InChI is InChI=1S/C16H27N5O/c1-12(13(2)17)16(22)19-11-14-5-4-6-18-15(14)21-9-7-20(3)8-10-21/h4-6,12-13H,7-11,17H2,1-3H3,(H,19,22). The van der Waals surface area contributed by atoms with Crippen molar-refractivity contribution in [3.05, 3.63) is 23.9 Å². The lowest BCUT2D eigenvalue weighted by molar-refractivity contribution is -0.125. The number of rotatable bonds is 5. The van der Waals surface area contributed by atoms with Crippen molar-refractivity contribution in [3.8, 4) is 0 Å². The van der Waals surface area contributed by atoms with Gasteiger partial charge in [-0.3, -0.25) is 4.79 Å². The van der Waals surface area contributed by atoms with Gasteiger partial charge in [0.1, 0.15) is 5.82 Å². The van der Waals surface area contributed by atoms with Crippen molar-refractivity contribution in [2.75, 3.05) is 38.1 Å². The Labute approximate surface area is 132 Å². The maximum atomic E-state index is 12.1. The normalized spacial score (nSPS) is 18.8. The van der Waals surface area contributed by atoms with E-state index in [1.54, 1.807) is 0 Å². The van der Waals surface area contributed by atoms with Gasteiger partial charge in [0.15, 0.2) is 0 Å². The van der Waals surface area contributed by atoms with Crippen LogP contribution < -0.4 is 16.0 Å². The van der Waals surface area contributed by atoms with Crippen LogP contribution in [0.25, 0.3) is 0 Å². The first kappa shape index (κ1) is 16.7. The highest BCUT2D eigenvalue weighted by Crippen LogP contribution is 2.18. The zero-order chi connectivity index (χ0) is 16.1. The summed E-state index contributed by atoms with van der Waals surface area (Å²) in [7, 11) is 2.13. The fourth-order valence-corrected chi connectivity index (χ4v) is 2.45. The molecule has 6 heteroatoms. The Bertz CT molecular complexity index is 497. The average Bonchev–Trinajstić information content (AvgIpc) is 2.53. The average molecular weight is 305 g/mol. The summed E-state index contributed by atoms with van der Waals surface area (Å²) in [5, 5.41) is 2.97. The number of hydrogen-bond donors (Lipinski definition) is 2. The van der Waals surface area contributed by atoms with Crippen LogP contribution in [-0.4, -0.2) is 55.1 Å². The Kier molecular flexibility index (Phi) is 5.74. The molecule has 1 amide bonds. The van der Waals surface area contributed by atoms with E-state index >= 15 is 0 Å². The molecular weight excluding hydrogens is 278 g/mol. The van der Waals surface area contributed by atoms with E-state index in [-0.39, 0.29) is 17.9 Å². The summed E-state index contributed by atoms with van der Waals surface area (Å²) in [5.74, 6) is 0.774. The second kappa shape index (κ2) is 7.56. The van der Waals surface area contributed by atoms with Crippen molar-refractivity contribution in [2.45, 2.75) is 26.4 Å². The lowest BCUT2D eigenvalue weighted by Crippen LogP contribution is -2.45. The zero-order valence-corrected chi connectivity index (χ0v) is 13.7. The van der Waals surface area contributed by atoms with Crippen molar-refractivity contribution < 1.29 is 4.79 Å². The molecule has 1 saturated heterocycles. The smallest absolute Gasteiger partial charge is 0.224 e. The number of carbonyl (C=O) groups excluding carboxylic acids is 1. The summed E-state index contributed by atoms with van der Waals surface area (Å²) < 4.78 is 0. The summed E-state index contributed by atoms with van der Waals surface area (Å²) in [5.41, 5.74) is 6.83. The number of pyridine rings is 1. The van der Waals surface area contributed by atoms with Crippen LogP contribution >= 0.6 is 0 Å². The number of amides is 1. The molecule has 0 saturated carbocycles. The van der Waals surface area contributed by atoms with Crippen molar-refractivity contribution in [2.24, 2.45) is 11.7 Å². The van der Waals surface area contributed by atoms with Gasteiger partial charge in [0.05, 0.1) is 0 Å². The molecule has 122 valence electrons. The van der Waals surface area contributed by atoms with Crippen molar-refractivity contribution >= 4 is 11.7 Å². The van der Waals surface area contributed by atoms with Crippen LogP contribution in [0.2, 0.25) is 0 Å². The molecule has 6 nitrogen and oxygen atoms in total. The van der Waals surface area contributed by atoms with E-state index in [1.807, 2.05) is 32.2 Å². The first-order chi connectivity index (χ1) is 10.5. The number of anilines is 1. The van der Waals surface area contributed by atoms with Gasteiger partial charge in [0.25, 0.3) is 0 Å². The quantitative estimate of drug-likeness (QED) is 0.825. The molecule has 0 aromatic carbocycles. The molecular formula is C16H27N5O. The lowest BCUT2D eigenvalue weighted by Gasteiger charge is -2.34. The number of piperazine rings is 1. The first-order valence-corrected chi connectivity index (χ1v) is 7.89. The van der Waals surface area contributed by atoms with E-state index in [0.717, 1.165) is 37.6 Å². The third-order valence-electron chi connectivity index (χ3n) is 4.33. The fourth-order valence-electron chi connectivity index (χ4n) is 2.45. The SMILES string of the molecule is CC(N)C(C)C(=O)NCc1cccnc1N1CCN(C)CC1. The molecule has 1 aromatic rings. The fraction of sp³-hybridized carbons (Fsp3) is 0.625. The molecule has 1 fully saturated rings. The number of nitrogens with zero attached hydrogens (tertiary/aromatic N) is 3.